The SMILES string of the molecule is COc1ccccc1CCN(C)CC1(CO)CCC1. The predicted molar refractivity (Wildman–Crippen MR) is 77.6 cm³/mol. The zero-order valence-electron chi connectivity index (χ0n) is 12.1. The minimum atomic E-state index is 0.176. The van der Waals surface area contributed by atoms with Crippen molar-refractivity contribution < 1.29 is 9.84 Å². The monoisotopic (exact) mass is 263 g/mol. The van der Waals surface area contributed by atoms with Gasteiger partial charge in [-0.2, -0.15) is 0 Å². The van der Waals surface area contributed by atoms with E-state index in [4.69, 9.17) is 4.74 Å². The molecular formula is C16H25NO2. The van der Waals surface area contributed by atoms with Crippen molar-refractivity contribution in [1.82, 2.24) is 4.90 Å². The molecule has 1 aliphatic carbocycles. The molecule has 3 nitrogen and oxygen atoms in total. The molecule has 0 saturated heterocycles. The first-order valence-electron chi connectivity index (χ1n) is 7.10. The number of para-hydroxylation sites is 1. The second kappa shape index (κ2) is 6.40. The predicted octanol–water partition coefficient (Wildman–Crippen LogP) is 2.33. The second-order valence-electron chi connectivity index (χ2n) is 5.81. The van der Waals surface area contributed by atoms with E-state index in [-0.39, 0.29) is 5.41 Å². The van der Waals surface area contributed by atoms with Crippen LogP contribution in [-0.2, 0) is 6.42 Å². The summed E-state index contributed by atoms with van der Waals surface area (Å²) in [7, 11) is 3.86. The molecule has 2 rings (SSSR count). The molecular weight excluding hydrogens is 238 g/mol. The lowest BCUT2D eigenvalue weighted by atomic mass is 9.69. The number of hydrogen-bond acceptors (Lipinski definition) is 3. The molecule has 0 heterocycles. The van der Waals surface area contributed by atoms with E-state index < -0.39 is 0 Å². The van der Waals surface area contributed by atoms with Crippen molar-refractivity contribution in [1.29, 1.82) is 0 Å². The van der Waals surface area contributed by atoms with Crippen LogP contribution in [0.15, 0.2) is 24.3 Å². The Morgan fingerprint density at radius 2 is 2.05 bits per heavy atom. The van der Waals surface area contributed by atoms with Gasteiger partial charge < -0.3 is 14.7 Å². The molecule has 106 valence electrons. The molecule has 1 aliphatic rings. The van der Waals surface area contributed by atoms with E-state index in [1.807, 2.05) is 12.1 Å². The van der Waals surface area contributed by atoms with Crippen LogP contribution >= 0.6 is 0 Å². The Kier molecular flexibility index (Phi) is 4.83. The van der Waals surface area contributed by atoms with Crippen LogP contribution in [0, 0.1) is 5.41 Å². The van der Waals surface area contributed by atoms with E-state index in [0.29, 0.717) is 6.61 Å². The van der Waals surface area contributed by atoms with Gasteiger partial charge in [0.2, 0.25) is 0 Å². The number of likely N-dealkylation sites (N-methyl/N-ethyl adjacent to an activating group) is 1. The summed E-state index contributed by atoms with van der Waals surface area (Å²) in [6, 6.07) is 8.19. The summed E-state index contributed by atoms with van der Waals surface area (Å²) < 4.78 is 5.37. The van der Waals surface area contributed by atoms with Crippen LogP contribution in [0.2, 0.25) is 0 Å². The summed E-state index contributed by atoms with van der Waals surface area (Å²) in [5.74, 6) is 0.969. The fraction of sp³-hybridized carbons (Fsp3) is 0.625. The topological polar surface area (TPSA) is 32.7 Å². The van der Waals surface area contributed by atoms with Crippen molar-refractivity contribution in [2.45, 2.75) is 25.7 Å². The number of aliphatic hydroxyl groups excluding tert-OH is 1. The molecule has 19 heavy (non-hydrogen) atoms. The highest BCUT2D eigenvalue weighted by atomic mass is 16.5. The smallest absolute Gasteiger partial charge is 0.122 e. The number of benzene rings is 1. The van der Waals surface area contributed by atoms with Gasteiger partial charge in [0.25, 0.3) is 0 Å². The summed E-state index contributed by atoms with van der Waals surface area (Å²) in [4.78, 5) is 2.34. The van der Waals surface area contributed by atoms with Crippen molar-refractivity contribution in [3.05, 3.63) is 29.8 Å². The van der Waals surface area contributed by atoms with E-state index in [2.05, 4.69) is 24.1 Å². The quantitative estimate of drug-likeness (QED) is 0.819. The van der Waals surface area contributed by atoms with Gasteiger partial charge in [-0.05, 0) is 37.9 Å². The van der Waals surface area contributed by atoms with Crippen LogP contribution in [-0.4, -0.2) is 43.9 Å². The maximum atomic E-state index is 9.51. The van der Waals surface area contributed by atoms with E-state index in [0.717, 1.165) is 25.3 Å². The molecule has 1 saturated carbocycles. The van der Waals surface area contributed by atoms with Gasteiger partial charge in [0.1, 0.15) is 5.75 Å². The van der Waals surface area contributed by atoms with E-state index in [1.54, 1.807) is 7.11 Å². The minimum Gasteiger partial charge on any atom is -0.496 e. The van der Waals surface area contributed by atoms with Crippen LogP contribution in [0.3, 0.4) is 0 Å². The lowest BCUT2D eigenvalue weighted by Gasteiger charge is -2.43. The Labute approximate surface area is 116 Å². The zero-order valence-corrected chi connectivity index (χ0v) is 12.1. The minimum absolute atomic E-state index is 0.176. The third kappa shape index (κ3) is 3.48. The van der Waals surface area contributed by atoms with Gasteiger partial charge in [0.05, 0.1) is 7.11 Å². The van der Waals surface area contributed by atoms with Crippen molar-refractivity contribution in [2.24, 2.45) is 5.41 Å². The molecule has 0 bridgehead atoms. The van der Waals surface area contributed by atoms with Crippen LogP contribution in [0.25, 0.3) is 0 Å². The van der Waals surface area contributed by atoms with Gasteiger partial charge in [-0.15, -0.1) is 0 Å². The molecule has 0 atom stereocenters. The van der Waals surface area contributed by atoms with E-state index >= 15 is 0 Å². The lowest BCUT2D eigenvalue weighted by Crippen LogP contribution is -2.44. The largest absolute Gasteiger partial charge is 0.496 e. The summed E-state index contributed by atoms with van der Waals surface area (Å²) in [6.07, 6.45) is 4.59. The normalized spacial score (nSPS) is 17.3. The molecule has 0 spiro atoms. The summed E-state index contributed by atoms with van der Waals surface area (Å²) >= 11 is 0. The van der Waals surface area contributed by atoms with Gasteiger partial charge in [-0.25, -0.2) is 0 Å². The molecule has 0 aromatic heterocycles. The third-order valence-corrected chi connectivity index (χ3v) is 4.31. The van der Waals surface area contributed by atoms with Crippen molar-refractivity contribution in [3.63, 3.8) is 0 Å². The Morgan fingerprint density at radius 3 is 2.63 bits per heavy atom. The van der Waals surface area contributed by atoms with E-state index in [1.165, 1.54) is 24.8 Å². The maximum Gasteiger partial charge on any atom is 0.122 e. The van der Waals surface area contributed by atoms with Gasteiger partial charge in [-0.1, -0.05) is 24.6 Å². The number of ether oxygens (including phenoxy) is 1. The maximum absolute atomic E-state index is 9.51. The van der Waals surface area contributed by atoms with Gasteiger partial charge in [0, 0.05) is 25.1 Å². The third-order valence-electron chi connectivity index (χ3n) is 4.31. The highest BCUT2D eigenvalue weighted by Crippen LogP contribution is 2.40. The Bertz CT molecular complexity index is 396. The fourth-order valence-corrected chi connectivity index (χ4v) is 2.92. The van der Waals surface area contributed by atoms with Crippen molar-refractivity contribution >= 4 is 0 Å². The number of hydrogen-bond donors (Lipinski definition) is 1. The van der Waals surface area contributed by atoms with Crippen LogP contribution in [0.5, 0.6) is 5.75 Å². The van der Waals surface area contributed by atoms with Gasteiger partial charge in [-0.3, -0.25) is 0 Å². The molecule has 0 radical (unpaired) electrons. The molecule has 1 fully saturated rings. The Balaban J connectivity index is 1.84. The molecule has 1 aromatic rings. The number of nitrogens with zero attached hydrogens (tertiary/aromatic N) is 1. The first-order chi connectivity index (χ1) is 9.19. The number of rotatable bonds is 7. The zero-order chi connectivity index (χ0) is 13.7. The summed E-state index contributed by atoms with van der Waals surface area (Å²) in [5, 5.41) is 9.51. The first kappa shape index (κ1) is 14.4. The van der Waals surface area contributed by atoms with Gasteiger partial charge in [0.15, 0.2) is 0 Å². The van der Waals surface area contributed by atoms with Crippen LogP contribution in [0.4, 0.5) is 0 Å². The van der Waals surface area contributed by atoms with Crippen LogP contribution in [0.1, 0.15) is 24.8 Å². The van der Waals surface area contributed by atoms with Gasteiger partial charge >= 0.3 is 0 Å². The van der Waals surface area contributed by atoms with Crippen molar-refractivity contribution in [3.8, 4) is 5.75 Å². The summed E-state index contributed by atoms with van der Waals surface area (Å²) in [5.41, 5.74) is 1.43. The Hall–Kier alpha value is -1.06. The molecule has 0 aliphatic heterocycles. The molecule has 0 amide bonds. The van der Waals surface area contributed by atoms with Crippen molar-refractivity contribution in [2.75, 3.05) is 33.9 Å². The second-order valence-corrected chi connectivity index (χ2v) is 5.81. The number of methoxy groups -OCH3 is 1. The molecule has 0 unspecified atom stereocenters. The Morgan fingerprint density at radius 1 is 1.32 bits per heavy atom. The number of aliphatic hydroxyl groups is 1. The molecule has 1 N–H and O–H groups in total. The van der Waals surface area contributed by atoms with Crippen LogP contribution < -0.4 is 4.74 Å². The average molecular weight is 263 g/mol. The van der Waals surface area contributed by atoms with E-state index in [9.17, 15) is 5.11 Å². The summed E-state index contributed by atoms with van der Waals surface area (Å²) in [6.45, 7) is 2.33. The highest BCUT2D eigenvalue weighted by molar-refractivity contribution is 5.33. The lowest BCUT2D eigenvalue weighted by molar-refractivity contribution is 0.0149. The average Bonchev–Trinajstić information content (AvgIpc) is 2.41. The highest BCUT2D eigenvalue weighted by Gasteiger charge is 2.36. The fourth-order valence-electron chi connectivity index (χ4n) is 2.92. The molecule has 3 heteroatoms. The first-order valence-corrected chi connectivity index (χ1v) is 7.10. The molecule has 1 aromatic carbocycles. The standard InChI is InChI=1S/C16H25NO2/c1-17(12-16(13-18)9-5-10-16)11-8-14-6-3-4-7-15(14)19-2/h3-4,6-7,18H,5,8-13H2,1-2H3.